The quantitative estimate of drug-likeness (QED) is 0.891. The molecule has 0 aromatic carbocycles. The average Bonchev–Trinajstić information content (AvgIpc) is 2.90. The van der Waals surface area contributed by atoms with Crippen LogP contribution < -0.4 is 10.6 Å². The van der Waals surface area contributed by atoms with Gasteiger partial charge in [-0.2, -0.15) is 13.2 Å². The Balaban J connectivity index is 2.14. The van der Waals surface area contributed by atoms with Crippen molar-refractivity contribution in [3.63, 3.8) is 0 Å². The Morgan fingerprint density at radius 1 is 1.55 bits per heavy atom. The lowest BCUT2D eigenvalue weighted by Crippen LogP contribution is -2.52. The zero-order valence-electron chi connectivity index (χ0n) is 11.0. The molecule has 0 aliphatic carbocycles. The van der Waals surface area contributed by atoms with Crippen molar-refractivity contribution in [2.24, 2.45) is 5.41 Å². The number of hydrogen-bond donors (Lipinski definition) is 2. The summed E-state index contributed by atoms with van der Waals surface area (Å²) in [4.78, 5) is 16.0. The second kappa shape index (κ2) is 5.40. The number of amides is 1. The Labute approximate surface area is 114 Å². The Bertz CT molecular complexity index is 469. The first kappa shape index (κ1) is 14.8. The maximum Gasteiger partial charge on any atom is 0.404 e. The number of hydrogen-bond acceptors (Lipinski definition) is 3. The Hall–Kier alpha value is -1.63. The summed E-state index contributed by atoms with van der Waals surface area (Å²) >= 11 is 0. The number of pyridine rings is 1. The summed E-state index contributed by atoms with van der Waals surface area (Å²) < 4.78 is 39.6. The highest BCUT2D eigenvalue weighted by molar-refractivity contribution is 5.84. The molecule has 2 rings (SSSR count). The number of carbonyl (C=O) groups excluding carboxylic acids is 1. The third-order valence-corrected chi connectivity index (χ3v) is 3.66. The van der Waals surface area contributed by atoms with E-state index in [2.05, 4.69) is 15.6 Å². The molecule has 1 amide bonds. The largest absolute Gasteiger partial charge is 0.404 e. The predicted octanol–water partition coefficient (Wildman–Crippen LogP) is 1.80. The van der Waals surface area contributed by atoms with E-state index < -0.39 is 23.5 Å². The van der Waals surface area contributed by atoms with Crippen LogP contribution in [0.4, 0.5) is 13.2 Å². The van der Waals surface area contributed by atoms with E-state index in [1.165, 1.54) is 6.20 Å². The highest BCUT2D eigenvalue weighted by atomic mass is 19.4. The fraction of sp³-hybridized carbons (Fsp3) is 0.538. The minimum absolute atomic E-state index is 0.189. The Morgan fingerprint density at radius 3 is 2.80 bits per heavy atom. The Kier molecular flexibility index (Phi) is 3.99. The standard InChI is InChI=1S/C13H16F3N3O/c1-9(10-3-2-5-17-7-10)19-11(20)12(13(14,15)16)4-6-18-8-12/h2-3,5,7,9,18H,4,6,8H2,1H3,(H,19,20). The normalized spacial score (nSPS) is 24.4. The molecule has 1 saturated heterocycles. The van der Waals surface area contributed by atoms with E-state index in [1.807, 2.05) is 0 Å². The summed E-state index contributed by atoms with van der Waals surface area (Å²) in [5.74, 6) is -0.980. The average molecular weight is 287 g/mol. The van der Waals surface area contributed by atoms with Gasteiger partial charge in [0.15, 0.2) is 5.41 Å². The summed E-state index contributed by atoms with van der Waals surface area (Å²) in [6.07, 6.45) is -1.70. The summed E-state index contributed by atoms with van der Waals surface area (Å²) in [7, 11) is 0. The number of nitrogens with one attached hydrogen (secondary N) is 2. The fourth-order valence-electron chi connectivity index (χ4n) is 2.31. The van der Waals surface area contributed by atoms with Crippen molar-refractivity contribution in [3.8, 4) is 0 Å². The van der Waals surface area contributed by atoms with Crippen molar-refractivity contribution >= 4 is 5.91 Å². The number of rotatable bonds is 3. The molecule has 110 valence electrons. The molecule has 2 N–H and O–H groups in total. The first-order valence-electron chi connectivity index (χ1n) is 6.35. The molecule has 0 radical (unpaired) electrons. The third-order valence-electron chi connectivity index (χ3n) is 3.66. The van der Waals surface area contributed by atoms with Gasteiger partial charge in [0.2, 0.25) is 5.91 Å². The van der Waals surface area contributed by atoms with E-state index in [9.17, 15) is 18.0 Å². The van der Waals surface area contributed by atoms with Gasteiger partial charge in [-0.25, -0.2) is 0 Å². The molecular formula is C13H16F3N3O. The molecule has 7 heteroatoms. The van der Waals surface area contributed by atoms with Gasteiger partial charge in [0.25, 0.3) is 0 Å². The van der Waals surface area contributed by atoms with Crippen LogP contribution in [0.15, 0.2) is 24.5 Å². The maximum absolute atomic E-state index is 13.2. The van der Waals surface area contributed by atoms with Crippen LogP contribution in [0.5, 0.6) is 0 Å². The van der Waals surface area contributed by atoms with E-state index in [1.54, 1.807) is 25.3 Å². The van der Waals surface area contributed by atoms with E-state index in [-0.39, 0.29) is 19.5 Å². The van der Waals surface area contributed by atoms with Crippen molar-refractivity contribution in [1.29, 1.82) is 0 Å². The molecule has 0 saturated carbocycles. The maximum atomic E-state index is 13.2. The first-order chi connectivity index (χ1) is 9.37. The number of carbonyl (C=O) groups is 1. The summed E-state index contributed by atoms with van der Waals surface area (Å²) in [6, 6.07) is 2.87. The van der Waals surface area contributed by atoms with Crippen molar-refractivity contribution in [1.82, 2.24) is 15.6 Å². The molecule has 2 atom stereocenters. The van der Waals surface area contributed by atoms with Gasteiger partial charge in [-0.1, -0.05) is 6.07 Å². The number of nitrogens with zero attached hydrogens (tertiary/aromatic N) is 1. The lowest BCUT2D eigenvalue weighted by atomic mass is 9.85. The monoisotopic (exact) mass is 287 g/mol. The highest BCUT2D eigenvalue weighted by Crippen LogP contribution is 2.43. The SMILES string of the molecule is CC(NC(=O)C1(C(F)(F)F)CCNC1)c1cccnc1. The van der Waals surface area contributed by atoms with E-state index in [4.69, 9.17) is 0 Å². The highest BCUT2D eigenvalue weighted by Gasteiger charge is 2.61. The van der Waals surface area contributed by atoms with Gasteiger partial charge in [-0.3, -0.25) is 9.78 Å². The number of halogens is 3. The number of aromatic nitrogens is 1. The molecule has 0 bridgehead atoms. The van der Waals surface area contributed by atoms with Gasteiger partial charge in [-0.15, -0.1) is 0 Å². The number of alkyl halides is 3. The predicted molar refractivity (Wildman–Crippen MR) is 66.8 cm³/mol. The summed E-state index contributed by atoms with van der Waals surface area (Å²) in [5, 5.41) is 5.07. The van der Waals surface area contributed by atoms with Crippen LogP contribution in [-0.4, -0.2) is 30.2 Å². The lowest BCUT2D eigenvalue weighted by molar-refractivity contribution is -0.216. The van der Waals surface area contributed by atoms with Gasteiger partial charge in [-0.05, 0) is 31.5 Å². The summed E-state index contributed by atoms with van der Waals surface area (Å²) in [6.45, 7) is 1.46. The second-order valence-corrected chi connectivity index (χ2v) is 4.99. The van der Waals surface area contributed by atoms with E-state index in [0.29, 0.717) is 5.56 Å². The molecular weight excluding hydrogens is 271 g/mol. The lowest BCUT2D eigenvalue weighted by Gasteiger charge is -2.30. The molecule has 1 aliphatic heterocycles. The van der Waals surface area contributed by atoms with E-state index in [0.717, 1.165) is 0 Å². The molecule has 1 aromatic heterocycles. The first-order valence-corrected chi connectivity index (χ1v) is 6.35. The molecule has 1 aromatic rings. The van der Waals surface area contributed by atoms with Gasteiger partial charge >= 0.3 is 6.18 Å². The van der Waals surface area contributed by atoms with Gasteiger partial charge in [0, 0.05) is 18.9 Å². The molecule has 1 aliphatic rings. The topological polar surface area (TPSA) is 54.0 Å². The van der Waals surface area contributed by atoms with Crippen LogP contribution >= 0.6 is 0 Å². The van der Waals surface area contributed by atoms with Crippen LogP contribution in [0.25, 0.3) is 0 Å². The van der Waals surface area contributed by atoms with Gasteiger partial charge in [0.1, 0.15) is 0 Å². The molecule has 0 spiro atoms. The van der Waals surface area contributed by atoms with Crippen molar-refractivity contribution in [2.75, 3.05) is 13.1 Å². The smallest absolute Gasteiger partial charge is 0.349 e. The van der Waals surface area contributed by atoms with Gasteiger partial charge in [0.05, 0.1) is 6.04 Å². The molecule has 4 nitrogen and oxygen atoms in total. The van der Waals surface area contributed by atoms with Crippen LogP contribution in [-0.2, 0) is 4.79 Å². The van der Waals surface area contributed by atoms with Crippen molar-refractivity contribution in [2.45, 2.75) is 25.6 Å². The minimum atomic E-state index is -4.56. The third kappa shape index (κ3) is 2.63. The van der Waals surface area contributed by atoms with Gasteiger partial charge < -0.3 is 10.6 Å². The van der Waals surface area contributed by atoms with Crippen LogP contribution in [0.3, 0.4) is 0 Å². The zero-order valence-corrected chi connectivity index (χ0v) is 11.0. The Morgan fingerprint density at radius 2 is 2.30 bits per heavy atom. The minimum Gasteiger partial charge on any atom is -0.349 e. The van der Waals surface area contributed by atoms with Crippen LogP contribution in [0.1, 0.15) is 24.9 Å². The molecule has 2 unspecified atom stereocenters. The second-order valence-electron chi connectivity index (χ2n) is 4.99. The van der Waals surface area contributed by atoms with E-state index >= 15 is 0 Å². The molecule has 1 fully saturated rings. The fourth-order valence-corrected chi connectivity index (χ4v) is 2.31. The van der Waals surface area contributed by atoms with Crippen LogP contribution in [0.2, 0.25) is 0 Å². The van der Waals surface area contributed by atoms with Crippen LogP contribution in [0, 0.1) is 5.41 Å². The zero-order chi connectivity index (χ0) is 14.8. The van der Waals surface area contributed by atoms with Crippen molar-refractivity contribution in [3.05, 3.63) is 30.1 Å². The summed E-state index contributed by atoms with van der Waals surface area (Å²) in [5.41, 5.74) is -1.66. The molecule has 20 heavy (non-hydrogen) atoms. The van der Waals surface area contributed by atoms with Crippen molar-refractivity contribution < 1.29 is 18.0 Å². The molecule has 2 heterocycles.